The third kappa shape index (κ3) is 6.73. The molecule has 0 radical (unpaired) electrons. The lowest BCUT2D eigenvalue weighted by Gasteiger charge is -2.10. The fourth-order valence-corrected chi connectivity index (χ4v) is 2.17. The average Bonchev–Trinajstić information content (AvgIpc) is 2.57. The summed E-state index contributed by atoms with van der Waals surface area (Å²) in [5, 5.41) is 6.19. The van der Waals surface area contributed by atoms with E-state index in [2.05, 4.69) is 24.5 Å². The fraction of sp³-hybridized carbons (Fsp3) is 0.350. The molecule has 0 saturated heterocycles. The van der Waals surface area contributed by atoms with E-state index in [0.717, 1.165) is 30.2 Å². The third-order valence-corrected chi connectivity index (χ3v) is 3.56. The number of ether oxygens (including phenoxy) is 1. The van der Waals surface area contributed by atoms with Crippen LogP contribution in [0.5, 0.6) is 11.5 Å². The monoisotopic (exact) mass is 326 g/mol. The third-order valence-electron chi connectivity index (χ3n) is 3.56. The van der Waals surface area contributed by atoms with E-state index in [1.54, 1.807) is 0 Å². The summed E-state index contributed by atoms with van der Waals surface area (Å²) in [6, 6.07) is 17.4. The molecule has 4 heteroatoms. The zero-order valence-electron chi connectivity index (χ0n) is 14.4. The Labute approximate surface area is 144 Å². The molecule has 2 rings (SSSR count). The molecule has 24 heavy (non-hydrogen) atoms. The lowest BCUT2D eigenvalue weighted by molar-refractivity contribution is -0.120. The van der Waals surface area contributed by atoms with Crippen molar-refractivity contribution in [1.82, 2.24) is 5.32 Å². The van der Waals surface area contributed by atoms with Crippen molar-refractivity contribution in [2.24, 2.45) is 5.92 Å². The number of para-hydroxylation sites is 1. The molecule has 0 unspecified atom stereocenters. The van der Waals surface area contributed by atoms with E-state index in [1.807, 2.05) is 54.6 Å². The summed E-state index contributed by atoms with van der Waals surface area (Å²) in [5.41, 5.74) is 0.977. The van der Waals surface area contributed by atoms with Crippen LogP contribution in [0.2, 0.25) is 0 Å². The minimum absolute atomic E-state index is 0.0900. The van der Waals surface area contributed by atoms with E-state index < -0.39 is 0 Å². The van der Waals surface area contributed by atoms with Crippen LogP contribution in [-0.4, -0.2) is 19.0 Å². The normalized spacial score (nSPS) is 10.5. The van der Waals surface area contributed by atoms with E-state index >= 15 is 0 Å². The highest BCUT2D eigenvalue weighted by molar-refractivity contribution is 5.76. The van der Waals surface area contributed by atoms with Crippen molar-refractivity contribution in [3.8, 4) is 11.5 Å². The lowest BCUT2D eigenvalue weighted by Crippen LogP contribution is -2.27. The van der Waals surface area contributed by atoms with Crippen LogP contribution < -0.4 is 15.4 Å². The maximum absolute atomic E-state index is 11.7. The Balaban J connectivity index is 1.69. The first-order chi connectivity index (χ1) is 11.6. The molecule has 1 amide bonds. The molecule has 2 aromatic rings. The van der Waals surface area contributed by atoms with Crippen LogP contribution in [0.25, 0.3) is 0 Å². The minimum Gasteiger partial charge on any atom is -0.457 e. The second-order valence-electron chi connectivity index (χ2n) is 6.15. The molecule has 0 spiro atoms. The van der Waals surface area contributed by atoms with Crippen molar-refractivity contribution in [3.05, 3.63) is 54.6 Å². The van der Waals surface area contributed by atoms with Gasteiger partial charge in [-0.05, 0) is 48.7 Å². The molecule has 0 atom stereocenters. The summed E-state index contributed by atoms with van der Waals surface area (Å²) >= 11 is 0. The molecule has 0 bridgehead atoms. The summed E-state index contributed by atoms with van der Waals surface area (Å²) < 4.78 is 5.75. The van der Waals surface area contributed by atoms with Crippen molar-refractivity contribution >= 4 is 11.6 Å². The summed E-state index contributed by atoms with van der Waals surface area (Å²) in [6.45, 7) is 5.67. The topological polar surface area (TPSA) is 50.4 Å². The standard InChI is InChI=1S/C20H26N2O2/c1-16(2)12-14-22-20(23)13-15-21-17-8-10-19(11-9-17)24-18-6-4-3-5-7-18/h3-11,16,21H,12-15H2,1-2H3,(H,22,23). The highest BCUT2D eigenvalue weighted by atomic mass is 16.5. The highest BCUT2D eigenvalue weighted by Crippen LogP contribution is 2.22. The molecular weight excluding hydrogens is 300 g/mol. The first-order valence-electron chi connectivity index (χ1n) is 8.47. The second-order valence-corrected chi connectivity index (χ2v) is 6.15. The summed E-state index contributed by atoms with van der Waals surface area (Å²) in [5.74, 6) is 2.31. The number of hydrogen-bond donors (Lipinski definition) is 2. The first-order valence-corrected chi connectivity index (χ1v) is 8.47. The van der Waals surface area contributed by atoms with Gasteiger partial charge in [0, 0.05) is 25.2 Å². The van der Waals surface area contributed by atoms with Crippen LogP contribution in [0.15, 0.2) is 54.6 Å². The average molecular weight is 326 g/mol. The summed E-state index contributed by atoms with van der Waals surface area (Å²) in [6.07, 6.45) is 1.49. The molecule has 0 saturated carbocycles. The number of carbonyl (C=O) groups is 1. The number of anilines is 1. The Morgan fingerprint density at radius 3 is 2.29 bits per heavy atom. The zero-order chi connectivity index (χ0) is 17.2. The van der Waals surface area contributed by atoms with E-state index in [9.17, 15) is 4.79 Å². The Hall–Kier alpha value is -2.49. The SMILES string of the molecule is CC(C)CCNC(=O)CCNc1ccc(Oc2ccccc2)cc1. The van der Waals surface area contributed by atoms with Gasteiger partial charge >= 0.3 is 0 Å². The molecule has 2 aromatic carbocycles. The van der Waals surface area contributed by atoms with Crippen LogP contribution in [-0.2, 0) is 4.79 Å². The molecule has 0 fully saturated rings. The minimum atomic E-state index is 0.0900. The number of amides is 1. The molecule has 0 aromatic heterocycles. The first kappa shape index (κ1) is 17.9. The van der Waals surface area contributed by atoms with Crippen molar-refractivity contribution in [1.29, 1.82) is 0 Å². The van der Waals surface area contributed by atoms with Crippen LogP contribution in [0.1, 0.15) is 26.7 Å². The van der Waals surface area contributed by atoms with Gasteiger partial charge in [-0.1, -0.05) is 32.0 Å². The zero-order valence-corrected chi connectivity index (χ0v) is 14.4. The predicted molar refractivity (Wildman–Crippen MR) is 98.5 cm³/mol. The lowest BCUT2D eigenvalue weighted by atomic mass is 10.1. The van der Waals surface area contributed by atoms with Crippen molar-refractivity contribution in [2.75, 3.05) is 18.4 Å². The maximum atomic E-state index is 11.7. The van der Waals surface area contributed by atoms with Gasteiger partial charge in [-0.3, -0.25) is 4.79 Å². The Morgan fingerprint density at radius 2 is 1.62 bits per heavy atom. The van der Waals surface area contributed by atoms with Crippen LogP contribution >= 0.6 is 0 Å². The summed E-state index contributed by atoms with van der Waals surface area (Å²) in [4.78, 5) is 11.7. The number of rotatable bonds is 9. The van der Waals surface area contributed by atoms with E-state index in [1.165, 1.54) is 0 Å². The van der Waals surface area contributed by atoms with Gasteiger partial charge in [-0.2, -0.15) is 0 Å². The van der Waals surface area contributed by atoms with Gasteiger partial charge in [0.1, 0.15) is 11.5 Å². The van der Waals surface area contributed by atoms with Gasteiger partial charge in [0.15, 0.2) is 0 Å². The molecule has 0 aliphatic carbocycles. The summed E-state index contributed by atoms with van der Waals surface area (Å²) in [7, 11) is 0. The van der Waals surface area contributed by atoms with Crippen LogP contribution in [0.3, 0.4) is 0 Å². The molecule has 0 aliphatic heterocycles. The molecule has 128 valence electrons. The number of carbonyl (C=O) groups excluding carboxylic acids is 1. The smallest absolute Gasteiger partial charge is 0.221 e. The molecule has 0 heterocycles. The van der Waals surface area contributed by atoms with Gasteiger partial charge in [-0.15, -0.1) is 0 Å². The van der Waals surface area contributed by atoms with Crippen molar-refractivity contribution in [3.63, 3.8) is 0 Å². The van der Waals surface area contributed by atoms with Crippen LogP contribution in [0, 0.1) is 5.92 Å². The van der Waals surface area contributed by atoms with E-state index in [4.69, 9.17) is 4.74 Å². The van der Waals surface area contributed by atoms with Gasteiger partial charge in [-0.25, -0.2) is 0 Å². The Morgan fingerprint density at radius 1 is 0.958 bits per heavy atom. The molecule has 0 aliphatic rings. The van der Waals surface area contributed by atoms with Crippen molar-refractivity contribution < 1.29 is 9.53 Å². The molecule has 4 nitrogen and oxygen atoms in total. The van der Waals surface area contributed by atoms with E-state index in [0.29, 0.717) is 18.9 Å². The quantitative estimate of drug-likeness (QED) is 0.716. The highest BCUT2D eigenvalue weighted by Gasteiger charge is 2.02. The van der Waals surface area contributed by atoms with E-state index in [-0.39, 0.29) is 5.91 Å². The van der Waals surface area contributed by atoms with Crippen molar-refractivity contribution in [2.45, 2.75) is 26.7 Å². The van der Waals surface area contributed by atoms with Gasteiger partial charge in [0.05, 0.1) is 0 Å². The van der Waals surface area contributed by atoms with Crippen LogP contribution in [0.4, 0.5) is 5.69 Å². The predicted octanol–water partition coefficient (Wildman–Crippen LogP) is 4.44. The largest absolute Gasteiger partial charge is 0.457 e. The fourth-order valence-electron chi connectivity index (χ4n) is 2.17. The van der Waals surface area contributed by atoms with Gasteiger partial charge in [0.2, 0.25) is 5.91 Å². The number of hydrogen-bond acceptors (Lipinski definition) is 3. The molecular formula is C20H26N2O2. The van der Waals surface area contributed by atoms with Gasteiger partial charge < -0.3 is 15.4 Å². The second kappa shape index (κ2) is 9.60. The number of nitrogens with one attached hydrogen (secondary N) is 2. The Kier molecular flexibility index (Phi) is 7.15. The molecule has 2 N–H and O–H groups in total. The van der Waals surface area contributed by atoms with Gasteiger partial charge in [0.25, 0.3) is 0 Å². The number of benzene rings is 2. The Bertz CT molecular complexity index is 609. The maximum Gasteiger partial charge on any atom is 0.221 e.